The molecule has 0 amide bonds. The van der Waals surface area contributed by atoms with Gasteiger partial charge in [-0.15, -0.1) is 0 Å². The van der Waals surface area contributed by atoms with Crippen LogP contribution in [0.3, 0.4) is 0 Å². The molecule has 0 saturated carbocycles. The number of carboxylic acids is 3. The Kier molecular flexibility index (Phi) is 15.9. The summed E-state index contributed by atoms with van der Waals surface area (Å²) in [6.07, 6.45) is 1.21. The van der Waals surface area contributed by atoms with Crippen LogP contribution in [0.15, 0.2) is 20.6 Å². The zero-order valence-corrected chi connectivity index (χ0v) is 14.7. The van der Waals surface area contributed by atoms with Crippen LogP contribution in [0.5, 0.6) is 0 Å². The second-order valence-corrected chi connectivity index (χ2v) is 4.99. The Hall–Kier alpha value is -1.40. The predicted molar refractivity (Wildman–Crippen MR) is 67.7 cm³/mol. The summed E-state index contributed by atoms with van der Waals surface area (Å²) in [5.41, 5.74) is 4.60. The second kappa shape index (κ2) is 13.6. The Bertz CT molecular complexity index is 372. The number of aliphatic carboxylic acids is 3. The minimum atomic E-state index is -1.08. The fourth-order valence-electron chi connectivity index (χ4n) is 1.15. The van der Waals surface area contributed by atoms with Gasteiger partial charge in [-0.25, -0.2) is 0 Å². The van der Waals surface area contributed by atoms with E-state index in [1.54, 1.807) is 11.1 Å². The van der Waals surface area contributed by atoms with Gasteiger partial charge in [-0.3, -0.25) is 0 Å². The molecule has 0 unspecified atom stereocenters. The van der Waals surface area contributed by atoms with Crippen molar-refractivity contribution in [1.82, 2.24) is 0 Å². The third-order valence-corrected chi connectivity index (χ3v) is 3.22. The van der Waals surface area contributed by atoms with E-state index in [4.69, 9.17) is 29.7 Å². The fraction of sp³-hybridized carbons (Fsp3) is 0.500. The molecule has 0 N–H and O–H groups in total. The summed E-state index contributed by atoms with van der Waals surface area (Å²) < 4.78 is 1.51. The standard InChI is InChI=1S/C8H11.3C2H4O2.Ti/c1-6-4-7(2)8(3)5-6;3*1-2(3)4;/h4H2,1-3H3;3*1H3,(H,3,4);/q;;;;+3/p-3. The van der Waals surface area contributed by atoms with Gasteiger partial charge in [0.2, 0.25) is 0 Å². The summed E-state index contributed by atoms with van der Waals surface area (Å²) in [6, 6.07) is 0. The Morgan fingerprint density at radius 3 is 1.10 bits per heavy atom. The van der Waals surface area contributed by atoms with E-state index in [1.807, 2.05) is 0 Å². The molecule has 0 fully saturated rings. The van der Waals surface area contributed by atoms with Crippen molar-refractivity contribution in [2.75, 3.05) is 0 Å². The van der Waals surface area contributed by atoms with E-state index in [9.17, 15) is 0 Å². The van der Waals surface area contributed by atoms with Crippen molar-refractivity contribution in [1.29, 1.82) is 0 Å². The Labute approximate surface area is 137 Å². The van der Waals surface area contributed by atoms with Crippen LogP contribution in [0.25, 0.3) is 0 Å². The number of carbonyl (C=O) groups is 3. The first-order chi connectivity index (χ1) is 9.32. The summed E-state index contributed by atoms with van der Waals surface area (Å²) in [5, 5.41) is 26.7. The number of carboxylic acid groups (broad SMARTS) is 3. The molecule has 0 aromatic heterocycles. The van der Waals surface area contributed by atoms with Gasteiger partial charge in [-0.2, -0.15) is 0 Å². The van der Waals surface area contributed by atoms with Crippen LogP contribution >= 0.6 is 0 Å². The van der Waals surface area contributed by atoms with E-state index in [2.05, 4.69) is 41.2 Å². The van der Waals surface area contributed by atoms with Crippen molar-refractivity contribution in [2.24, 2.45) is 0 Å². The molecule has 0 heterocycles. The quantitative estimate of drug-likeness (QED) is 0.515. The molecule has 0 saturated heterocycles. The van der Waals surface area contributed by atoms with Gasteiger partial charge in [0.15, 0.2) is 0 Å². The maximum atomic E-state index is 8.89. The molecule has 7 heteroatoms. The van der Waals surface area contributed by atoms with Crippen LogP contribution in [0.2, 0.25) is 0 Å². The van der Waals surface area contributed by atoms with Crippen molar-refractivity contribution in [3.63, 3.8) is 0 Å². The van der Waals surface area contributed by atoms with E-state index in [1.165, 1.54) is 15.9 Å². The number of rotatable bonds is 0. The van der Waals surface area contributed by atoms with Gasteiger partial charge < -0.3 is 29.7 Å². The second-order valence-electron chi connectivity index (χ2n) is 4.21. The molecule has 0 aromatic rings. The molecule has 1 aliphatic rings. The number of allylic oxidation sites excluding steroid dienone is 4. The van der Waals surface area contributed by atoms with E-state index in [0.29, 0.717) is 0 Å². The summed E-state index contributed by atoms with van der Waals surface area (Å²) in [7, 11) is 0. The molecule has 6 nitrogen and oxygen atoms in total. The van der Waals surface area contributed by atoms with Crippen LogP contribution < -0.4 is 15.3 Å². The maximum absolute atomic E-state index is 8.89. The average molecular weight is 332 g/mol. The number of hydrogen-bond acceptors (Lipinski definition) is 6. The first-order valence-electron chi connectivity index (χ1n) is 5.93. The average Bonchev–Trinajstić information content (AvgIpc) is 2.43. The molecule has 0 bridgehead atoms. The topological polar surface area (TPSA) is 120 Å². The molecule has 116 valence electrons. The van der Waals surface area contributed by atoms with Gasteiger partial charge >= 0.3 is 68.2 Å². The van der Waals surface area contributed by atoms with Crippen LogP contribution in [0, 0.1) is 0 Å². The minimum absolute atomic E-state index is 0.972. The Morgan fingerprint density at radius 1 is 0.810 bits per heavy atom. The third kappa shape index (κ3) is 24.0. The zero-order valence-electron chi connectivity index (χ0n) is 13.2. The Balaban J connectivity index is -0.000000230. The van der Waals surface area contributed by atoms with E-state index in [0.717, 1.165) is 20.8 Å². The molecule has 1 aliphatic carbocycles. The predicted octanol–water partition coefficient (Wildman–Crippen LogP) is -1.18. The normalized spacial score (nSPS) is 12.2. The molecule has 0 spiro atoms. The molecular formula is C14H20O6Ti. The summed E-state index contributed by atoms with van der Waals surface area (Å²) in [4.78, 5) is 26.7. The summed E-state index contributed by atoms with van der Waals surface area (Å²) >= 11 is 2.21. The first kappa shape index (κ1) is 24.6. The first-order valence-corrected chi connectivity index (χ1v) is 6.71. The SMILES string of the molecule is CC(=O)[O-].CC(=O)[O-].CC(=O)[O-].CC1=C(C)[C]([Ti+3])=C(C)C1. The van der Waals surface area contributed by atoms with E-state index >= 15 is 0 Å². The molecular weight excluding hydrogens is 312 g/mol. The summed E-state index contributed by atoms with van der Waals surface area (Å²) in [6.45, 7) is 9.56. The Morgan fingerprint density at radius 2 is 1.05 bits per heavy atom. The van der Waals surface area contributed by atoms with Crippen LogP contribution in [-0.2, 0) is 34.8 Å². The molecule has 0 atom stereocenters. The van der Waals surface area contributed by atoms with Gasteiger partial charge in [-0.05, 0) is 20.8 Å². The van der Waals surface area contributed by atoms with Gasteiger partial charge in [-0.1, -0.05) is 0 Å². The monoisotopic (exact) mass is 332 g/mol. The summed E-state index contributed by atoms with van der Waals surface area (Å²) in [5.74, 6) is -3.25. The zero-order chi connectivity index (χ0) is 17.7. The number of carbonyl (C=O) groups excluding carboxylic acids is 3. The molecule has 0 aromatic carbocycles. The molecule has 0 aliphatic heterocycles. The van der Waals surface area contributed by atoms with Crippen molar-refractivity contribution in [3.8, 4) is 0 Å². The van der Waals surface area contributed by atoms with E-state index in [-0.39, 0.29) is 0 Å². The van der Waals surface area contributed by atoms with Crippen molar-refractivity contribution < 1.29 is 50.1 Å². The number of hydrogen-bond donors (Lipinski definition) is 0. The van der Waals surface area contributed by atoms with E-state index < -0.39 is 17.9 Å². The molecule has 0 radical (unpaired) electrons. The fourth-order valence-corrected chi connectivity index (χ4v) is 1.62. The van der Waals surface area contributed by atoms with Gasteiger partial charge in [0.05, 0.1) is 0 Å². The van der Waals surface area contributed by atoms with Crippen molar-refractivity contribution in [2.45, 2.75) is 48.0 Å². The molecule has 21 heavy (non-hydrogen) atoms. The van der Waals surface area contributed by atoms with Crippen LogP contribution in [0.4, 0.5) is 0 Å². The molecule has 1 rings (SSSR count). The van der Waals surface area contributed by atoms with Gasteiger partial charge in [0.25, 0.3) is 0 Å². The third-order valence-electron chi connectivity index (χ3n) is 1.97. The van der Waals surface area contributed by atoms with Crippen molar-refractivity contribution in [3.05, 3.63) is 20.6 Å². The van der Waals surface area contributed by atoms with Gasteiger partial charge in [0.1, 0.15) is 0 Å². The van der Waals surface area contributed by atoms with Crippen LogP contribution in [0.1, 0.15) is 48.0 Å². The van der Waals surface area contributed by atoms with Gasteiger partial charge in [0, 0.05) is 17.9 Å². The van der Waals surface area contributed by atoms with Crippen LogP contribution in [-0.4, -0.2) is 17.9 Å². The van der Waals surface area contributed by atoms with Crippen molar-refractivity contribution >= 4 is 17.9 Å².